The zero-order valence-electron chi connectivity index (χ0n) is 11.8. The van der Waals surface area contributed by atoms with Crippen LogP contribution >= 0.6 is 27.7 Å². The predicted molar refractivity (Wildman–Crippen MR) is 86.7 cm³/mol. The van der Waals surface area contributed by atoms with Crippen LogP contribution in [0.5, 0.6) is 0 Å². The molecule has 2 aliphatic rings. The lowest BCUT2D eigenvalue weighted by atomic mass is 9.83. The van der Waals surface area contributed by atoms with Gasteiger partial charge in [-0.15, -0.1) is 11.8 Å². The lowest BCUT2D eigenvalue weighted by Gasteiger charge is -2.36. The average molecular weight is 371 g/mol. The van der Waals surface area contributed by atoms with E-state index in [9.17, 15) is 4.79 Å². The van der Waals surface area contributed by atoms with E-state index in [2.05, 4.69) is 15.9 Å². The molecular weight excluding hydrogens is 352 g/mol. The Labute approximate surface area is 137 Å². The summed E-state index contributed by atoms with van der Waals surface area (Å²) >= 11 is 5.13. The fourth-order valence-electron chi connectivity index (χ4n) is 2.99. The van der Waals surface area contributed by atoms with Crippen molar-refractivity contribution in [1.29, 1.82) is 0 Å². The lowest BCUT2D eigenvalue weighted by molar-refractivity contribution is -0.134. The van der Waals surface area contributed by atoms with Gasteiger partial charge in [0.1, 0.15) is 5.78 Å². The normalized spacial score (nSPS) is 28.9. The van der Waals surface area contributed by atoms with Crippen LogP contribution in [0.4, 0.5) is 0 Å². The van der Waals surface area contributed by atoms with Crippen LogP contribution in [0.1, 0.15) is 19.3 Å². The van der Waals surface area contributed by atoms with Crippen LogP contribution in [-0.2, 0) is 14.3 Å². The molecule has 2 heterocycles. The molecule has 0 saturated carbocycles. The van der Waals surface area contributed by atoms with Crippen LogP contribution in [-0.4, -0.2) is 37.0 Å². The number of hydrogen-bond donors (Lipinski definition) is 0. The monoisotopic (exact) mass is 370 g/mol. The fraction of sp³-hybridized carbons (Fsp3) is 0.562. The molecule has 2 atom stereocenters. The standard InChI is InChI=1S/C16H19BrO3S/c17-13-3-1-2-4-15(13)21-10-14(18)12-5-7-20-16(9-12)6-8-19-11-16/h1-4,12H,5-11H2. The molecule has 0 aliphatic carbocycles. The van der Waals surface area contributed by atoms with E-state index in [0.29, 0.717) is 24.7 Å². The summed E-state index contributed by atoms with van der Waals surface area (Å²) in [5.74, 6) is 0.991. The van der Waals surface area contributed by atoms with Crippen LogP contribution in [0.25, 0.3) is 0 Å². The second-order valence-corrected chi connectivity index (χ2v) is 7.58. The Bertz CT molecular complexity index is 514. The van der Waals surface area contributed by atoms with E-state index >= 15 is 0 Å². The summed E-state index contributed by atoms with van der Waals surface area (Å²) < 4.78 is 12.4. The number of carbonyl (C=O) groups excluding carboxylic acids is 1. The first-order chi connectivity index (χ1) is 10.2. The van der Waals surface area contributed by atoms with Gasteiger partial charge in [-0.25, -0.2) is 0 Å². The van der Waals surface area contributed by atoms with Crippen molar-refractivity contribution in [2.24, 2.45) is 5.92 Å². The van der Waals surface area contributed by atoms with Gasteiger partial charge in [0.05, 0.1) is 18.0 Å². The Kier molecular flexibility index (Phi) is 5.04. The fourth-order valence-corrected chi connectivity index (χ4v) is 4.54. The Balaban J connectivity index is 1.57. The van der Waals surface area contributed by atoms with Crippen LogP contribution < -0.4 is 0 Å². The first kappa shape index (κ1) is 15.5. The first-order valence-electron chi connectivity index (χ1n) is 7.30. The molecule has 1 aromatic rings. The summed E-state index contributed by atoms with van der Waals surface area (Å²) in [6.45, 7) is 2.08. The number of Topliss-reactive ketones (excluding diaryl/α,β-unsaturated/α-hetero) is 1. The van der Waals surface area contributed by atoms with Gasteiger partial charge in [-0.2, -0.15) is 0 Å². The molecule has 0 N–H and O–H groups in total. The smallest absolute Gasteiger partial charge is 0.146 e. The molecule has 0 radical (unpaired) electrons. The van der Waals surface area contributed by atoms with Crippen LogP contribution in [0, 0.1) is 5.92 Å². The SMILES string of the molecule is O=C(CSc1ccccc1Br)C1CCOC2(CCOC2)C1. The number of thioether (sulfide) groups is 1. The summed E-state index contributed by atoms with van der Waals surface area (Å²) in [6.07, 6.45) is 2.59. The Morgan fingerprint density at radius 1 is 1.38 bits per heavy atom. The van der Waals surface area contributed by atoms with Gasteiger partial charge in [-0.1, -0.05) is 12.1 Å². The van der Waals surface area contributed by atoms with Gasteiger partial charge in [-0.3, -0.25) is 4.79 Å². The molecule has 3 nitrogen and oxygen atoms in total. The van der Waals surface area contributed by atoms with Crippen LogP contribution in [0.15, 0.2) is 33.6 Å². The van der Waals surface area contributed by atoms with Crippen molar-refractivity contribution >= 4 is 33.5 Å². The van der Waals surface area contributed by atoms with Crippen molar-refractivity contribution in [2.45, 2.75) is 29.8 Å². The Morgan fingerprint density at radius 2 is 2.24 bits per heavy atom. The van der Waals surface area contributed by atoms with Gasteiger partial charge in [0.15, 0.2) is 0 Å². The number of halogens is 1. The summed E-state index contributed by atoms with van der Waals surface area (Å²) in [7, 11) is 0. The molecule has 1 spiro atoms. The minimum atomic E-state index is -0.184. The number of ether oxygens (including phenoxy) is 2. The van der Waals surface area contributed by atoms with Crippen molar-refractivity contribution in [1.82, 2.24) is 0 Å². The molecule has 114 valence electrons. The van der Waals surface area contributed by atoms with Crippen molar-refractivity contribution in [3.8, 4) is 0 Å². The number of benzene rings is 1. The highest BCUT2D eigenvalue weighted by atomic mass is 79.9. The second kappa shape index (κ2) is 6.82. The minimum Gasteiger partial charge on any atom is -0.378 e. The Hall–Kier alpha value is -0.360. The molecule has 21 heavy (non-hydrogen) atoms. The number of hydrogen-bond acceptors (Lipinski definition) is 4. The Morgan fingerprint density at radius 3 is 3.00 bits per heavy atom. The van der Waals surface area contributed by atoms with E-state index in [1.165, 1.54) is 0 Å². The highest BCUT2D eigenvalue weighted by Crippen LogP contribution is 2.37. The molecule has 1 aromatic carbocycles. The lowest BCUT2D eigenvalue weighted by Crippen LogP contribution is -2.42. The molecule has 0 aromatic heterocycles. The maximum absolute atomic E-state index is 12.5. The largest absolute Gasteiger partial charge is 0.378 e. The predicted octanol–water partition coefficient (Wildman–Crippen LogP) is 3.70. The number of carbonyl (C=O) groups is 1. The second-order valence-electron chi connectivity index (χ2n) is 5.71. The van der Waals surface area contributed by atoms with E-state index in [4.69, 9.17) is 9.47 Å². The van der Waals surface area contributed by atoms with E-state index in [0.717, 1.165) is 35.2 Å². The summed E-state index contributed by atoms with van der Waals surface area (Å²) in [6, 6.07) is 8.03. The molecular formula is C16H19BrO3S. The number of rotatable bonds is 4. The zero-order chi connectivity index (χ0) is 14.7. The molecule has 0 amide bonds. The third-order valence-electron chi connectivity index (χ3n) is 4.22. The summed E-state index contributed by atoms with van der Waals surface area (Å²) in [4.78, 5) is 13.6. The molecule has 2 saturated heterocycles. The van der Waals surface area contributed by atoms with Crippen molar-refractivity contribution < 1.29 is 14.3 Å². The topological polar surface area (TPSA) is 35.5 Å². The minimum absolute atomic E-state index is 0.121. The van der Waals surface area contributed by atoms with Crippen molar-refractivity contribution in [3.05, 3.63) is 28.7 Å². The first-order valence-corrected chi connectivity index (χ1v) is 9.08. The molecule has 2 aliphatic heterocycles. The van der Waals surface area contributed by atoms with E-state index in [-0.39, 0.29) is 11.5 Å². The summed E-state index contributed by atoms with van der Waals surface area (Å²) in [5.41, 5.74) is -0.184. The van der Waals surface area contributed by atoms with Crippen molar-refractivity contribution in [3.63, 3.8) is 0 Å². The van der Waals surface area contributed by atoms with Crippen LogP contribution in [0.3, 0.4) is 0 Å². The van der Waals surface area contributed by atoms with E-state index in [1.807, 2.05) is 24.3 Å². The van der Waals surface area contributed by atoms with Gasteiger partial charge in [0.25, 0.3) is 0 Å². The molecule has 0 bridgehead atoms. The molecule has 5 heteroatoms. The maximum atomic E-state index is 12.5. The molecule has 2 unspecified atom stereocenters. The van der Waals surface area contributed by atoms with Gasteiger partial charge in [0, 0.05) is 34.9 Å². The molecule has 3 rings (SSSR count). The quantitative estimate of drug-likeness (QED) is 0.757. The van der Waals surface area contributed by atoms with Gasteiger partial charge in [0.2, 0.25) is 0 Å². The number of ketones is 1. The van der Waals surface area contributed by atoms with Crippen LogP contribution in [0.2, 0.25) is 0 Å². The van der Waals surface area contributed by atoms with E-state index < -0.39 is 0 Å². The zero-order valence-corrected chi connectivity index (χ0v) is 14.2. The van der Waals surface area contributed by atoms with Gasteiger partial charge in [-0.05, 0) is 40.9 Å². The van der Waals surface area contributed by atoms with Crippen molar-refractivity contribution in [2.75, 3.05) is 25.6 Å². The third kappa shape index (κ3) is 3.70. The highest BCUT2D eigenvalue weighted by Gasteiger charge is 2.42. The van der Waals surface area contributed by atoms with E-state index in [1.54, 1.807) is 11.8 Å². The third-order valence-corrected chi connectivity index (χ3v) is 6.27. The molecule has 2 fully saturated rings. The van der Waals surface area contributed by atoms with Gasteiger partial charge >= 0.3 is 0 Å². The summed E-state index contributed by atoms with van der Waals surface area (Å²) in [5, 5.41) is 0. The maximum Gasteiger partial charge on any atom is 0.146 e. The van der Waals surface area contributed by atoms with Gasteiger partial charge < -0.3 is 9.47 Å². The average Bonchev–Trinajstić information content (AvgIpc) is 2.94. The highest BCUT2D eigenvalue weighted by molar-refractivity contribution is 9.10.